The Morgan fingerprint density at radius 2 is 2.04 bits per heavy atom. The molecule has 1 aromatic carbocycles. The molecule has 5 nitrogen and oxygen atoms in total. The minimum atomic E-state index is -0.126. The van der Waals surface area contributed by atoms with Crippen molar-refractivity contribution in [3.05, 3.63) is 51.6 Å². The van der Waals surface area contributed by atoms with Crippen molar-refractivity contribution in [1.29, 1.82) is 0 Å². The summed E-state index contributed by atoms with van der Waals surface area (Å²) in [6.45, 7) is 1.99. The van der Waals surface area contributed by atoms with Crippen LogP contribution in [0.25, 0.3) is 10.2 Å². The van der Waals surface area contributed by atoms with Gasteiger partial charge in [0.1, 0.15) is 4.70 Å². The molecule has 2 aromatic heterocycles. The van der Waals surface area contributed by atoms with Gasteiger partial charge >= 0.3 is 0 Å². The van der Waals surface area contributed by atoms with E-state index >= 15 is 0 Å². The van der Waals surface area contributed by atoms with Gasteiger partial charge in [-0.2, -0.15) is 0 Å². The van der Waals surface area contributed by atoms with E-state index in [0.717, 1.165) is 11.3 Å². The van der Waals surface area contributed by atoms with E-state index in [2.05, 4.69) is 10.3 Å². The highest BCUT2D eigenvalue weighted by Gasteiger charge is 2.11. The molecule has 3 rings (SSSR count). The first-order chi connectivity index (χ1) is 11.0. The molecule has 0 atom stereocenters. The second-order valence-electron chi connectivity index (χ2n) is 5.10. The molecule has 0 saturated carbocycles. The molecule has 0 spiro atoms. The van der Waals surface area contributed by atoms with Crippen LogP contribution in [-0.4, -0.2) is 21.2 Å². The lowest BCUT2D eigenvalue weighted by Crippen LogP contribution is -2.20. The van der Waals surface area contributed by atoms with Crippen LogP contribution in [0.5, 0.6) is 0 Å². The minimum absolute atomic E-state index is 0.0774. The number of hydrogen-bond donors (Lipinski definition) is 1. The van der Waals surface area contributed by atoms with E-state index in [9.17, 15) is 9.59 Å². The molecule has 0 aliphatic heterocycles. The Hall–Kier alpha value is -2.12. The van der Waals surface area contributed by atoms with Crippen molar-refractivity contribution >= 4 is 44.9 Å². The van der Waals surface area contributed by atoms with Crippen molar-refractivity contribution in [2.24, 2.45) is 7.05 Å². The summed E-state index contributed by atoms with van der Waals surface area (Å²) in [4.78, 5) is 28.7. The maximum absolute atomic E-state index is 12.2. The molecule has 0 unspecified atom stereocenters. The van der Waals surface area contributed by atoms with E-state index in [1.807, 2.05) is 42.6 Å². The lowest BCUT2D eigenvalue weighted by atomic mass is 10.2. The van der Waals surface area contributed by atoms with Gasteiger partial charge in [-0.15, -0.1) is 11.3 Å². The third kappa shape index (κ3) is 3.46. The monoisotopic (exact) mass is 345 g/mol. The Morgan fingerprint density at radius 1 is 1.30 bits per heavy atom. The summed E-state index contributed by atoms with van der Waals surface area (Å²) in [5, 5.41) is 5.22. The Labute approximate surface area is 141 Å². The number of aromatic nitrogens is 2. The zero-order valence-corrected chi connectivity index (χ0v) is 14.3. The molecular formula is C16H15N3O2S2. The van der Waals surface area contributed by atoms with Crippen LogP contribution in [0.3, 0.4) is 0 Å². The van der Waals surface area contributed by atoms with Gasteiger partial charge in [-0.1, -0.05) is 29.5 Å². The highest BCUT2D eigenvalue weighted by atomic mass is 32.2. The molecule has 3 aromatic rings. The standard InChI is InChI=1S/C16H15N3O2S2/c1-10-3-5-11(6-4-10)17-13(20)9-23-16-18-12-7-8-22-14(12)15(21)19(16)2/h3-8H,9H2,1-2H3,(H,17,20). The Balaban J connectivity index is 1.70. The van der Waals surface area contributed by atoms with Gasteiger partial charge < -0.3 is 5.32 Å². The fourth-order valence-corrected chi connectivity index (χ4v) is 3.64. The van der Waals surface area contributed by atoms with Crippen LogP contribution in [0.15, 0.2) is 45.7 Å². The first-order valence-corrected chi connectivity index (χ1v) is 8.84. The van der Waals surface area contributed by atoms with Crippen molar-refractivity contribution in [2.45, 2.75) is 12.1 Å². The van der Waals surface area contributed by atoms with Crippen molar-refractivity contribution < 1.29 is 4.79 Å². The SMILES string of the molecule is Cc1ccc(NC(=O)CSc2nc3ccsc3c(=O)n2C)cc1. The molecule has 23 heavy (non-hydrogen) atoms. The van der Waals surface area contributed by atoms with Crippen molar-refractivity contribution in [3.8, 4) is 0 Å². The third-order valence-electron chi connectivity index (χ3n) is 3.31. The van der Waals surface area contributed by atoms with Gasteiger partial charge in [0.2, 0.25) is 5.91 Å². The van der Waals surface area contributed by atoms with E-state index in [4.69, 9.17) is 0 Å². The topological polar surface area (TPSA) is 64.0 Å². The normalized spacial score (nSPS) is 10.9. The number of anilines is 1. The van der Waals surface area contributed by atoms with Crippen molar-refractivity contribution in [1.82, 2.24) is 9.55 Å². The van der Waals surface area contributed by atoms with E-state index in [1.165, 1.54) is 27.7 Å². The summed E-state index contributed by atoms with van der Waals surface area (Å²) in [7, 11) is 1.68. The zero-order valence-electron chi connectivity index (χ0n) is 12.7. The van der Waals surface area contributed by atoms with Gasteiger partial charge in [-0.05, 0) is 30.5 Å². The highest BCUT2D eigenvalue weighted by molar-refractivity contribution is 7.99. The predicted molar refractivity (Wildman–Crippen MR) is 95.4 cm³/mol. The van der Waals surface area contributed by atoms with Crippen LogP contribution in [0.2, 0.25) is 0 Å². The van der Waals surface area contributed by atoms with Gasteiger partial charge in [-0.3, -0.25) is 14.2 Å². The summed E-state index contributed by atoms with van der Waals surface area (Å²) in [5.41, 5.74) is 2.50. The summed E-state index contributed by atoms with van der Waals surface area (Å²) in [6, 6.07) is 9.43. The Morgan fingerprint density at radius 3 is 2.78 bits per heavy atom. The number of thiophene rings is 1. The zero-order chi connectivity index (χ0) is 16.4. The highest BCUT2D eigenvalue weighted by Crippen LogP contribution is 2.20. The van der Waals surface area contributed by atoms with Gasteiger partial charge in [0.05, 0.1) is 11.3 Å². The fraction of sp³-hybridized carbons (Fsp3) is 0.188. The van der Waals surface area contributed by atoms with Crippen LogP contribution < -0.4 is 10.9 Å². The minimum Gasteiger partial charge on any atom is -0.325 e. The molecule has 0 bridgehead atoms. The van der Waals surface area contributed by atoms with E-state index in [-0.39, 0.29) is 17.2 Å². The molecule has 1 amide bonds. The molecule has 118 valence electrons. The summed E-state index contributed by atoms with van der Waals surface area (Å²) in [6.07, 6.45) is 0. The molecule has 0 radical (unpaired) electrons. The van der Waals surface area contributed by atoms with Gasteiger partial charge in [0.15, 0.2) is 5.16 Å². The molecule has 7 heteroatoms. The van der Waals surface area contributed by atoms with Gasteiger partial charge in [0.25, 0.3) is 5.56 Å². The fourth-order valence-electron chi connectivity index (χ4n) is 2.06. The number of carbonyl (C=O) groups excluding carboxylic acids is 1. The van der Waals surface area contributed by atoms with Crippen LogP contribution in [0.1, 0.15) is 5.56 Å². The first-order valence-electron chi connectivity index (χ1n) is 6.98. The van der Waals surface area contributed by atoms with Gasteiger partial charge in [-0.25, -0.2) is 4.98 Å². The average Bonchev–Trinajstić information content (AvgIpc) is 3.00. The number of thioether (sulfide) groups is 1. The lowest BCUT2D eigenvalue weighted by molar-refractivity contribution is -0.113. The predicted octanol–water partition coefficient (Wildman–Crippen LogP) is 3.03. The molecule has 1 N–H and O–H groups in total. The first kappa shape index (κ1) is 15.8. The number of nitrogens with zero attached hydrogens (tertiary/aromatic N) is 2. The lowest BCUT2D eigenvalue weighted by Gasteiger charge is -2.08. The number of amides is 1. The van der Waals surface area contributed by atoms with Crippen molar-refractivity contribution in [3.63, 3.8) is 0 Å². The van der Waals surface area contributed by atoms with Crippen LogP contribution in [0, 0.1) is 6.92 Å². The molecule has 0 aliphatic rings. The second-order valence-corrected chi connectivity index (χ2v) is 6.96. The Kier molecular flexibility index (Phi) is 4.49. The van der Waals surface area contributed by atoms with Gasteiger partial charge in [0, 0.05) is 12.7 Å². The molecular weight excluding hydrogens is 330 g/mol. The maximum atomic E-state index is 12.2. The average molecular weight is 345 g/mol. The largest absolute Gasteiger partial charge is 0.325 e. The number of rotatable bonds is 4. The quantitative estimate of drug-likeness (QED) is 0.583. The maximum Gasteiger partial charge on any atom is 0.271 e. The number of carbonyl (C=O) groups is 1. The van der Waals surface area contributed by atoms with Crippen molar-refractivity contribution in [2.75, 3.05) is 11.1 Å². The second kappa shape index (κ2) is 6.55. The van der Waals surface area contributed by atoms with E-state index in [0.29, 0.717) is 15.4 Å². The smallest absolute Gasteiger partial charge is 0.271 e. The summed E-state index contributed by atoms with van der Waals surface area (Å²) < 4.78 is 2.13. The third-order valence-corrected chi connectivity index (χ3v) is 5.24. The molecule has 2 heterocycles. The number of aryl methyl sites for hydroxylation is 1. The summed E-state index contributed by atoms with van der Waals surface area (Å²) in [5.74, 6) is 0.0718. The number of hydrogen-bond acceptors (Lipinski definition) is 5. The number of benzene rings is 1. The molecule has 0 aliphatic carbocycles. The summed E-state index contributed by atoms with van der Waals surface area (Å²) >= 11 is 2.63. The van der Waals surface area contributed by atoms with Crippen LogP contribution in [-0.2, 0) is 11.8 Å². The van der Waals surface area contributed by atoms with E-state index < -0.39 is 0 Å². The van der Waals surface area contributed by atoms with Crippen LogP contribution in [0.4, 0.5) is 5.69 Å². The van der Waals surface area contributed by atoms with Crippen LogP contribution >= 0.6 is 23.1 Å². The molecule has 0 fully saturated rings. The number of fused-ring (bicyclic) bond motifs is 1. The Bertz CT molecular complexity index is 913. The molecule has 0 saturated heterocycles. The van der Waals surface area contributed by atoms with E-state index in [1.54, 1.807) is 7.05 Å². The number of nitrogens with one attached hydrogen (secondary N) is 1.